The normalized spacial score (nSPS) is 10.4. The lowest BCUT2D eigenvalue weighted by molar-refractivity contribution is 0.609. The summed E-state index contributed by atoms with van der Waals surface area (Å²) in [5, 5.41) is 0. The smallest absolute Gasteiger partial charge is 0.131 e. The Morgan fingerprint density at radius 1 is 0.812 bits per heavy atom. The predicted octanol–water partition coefficient (Wildman–Crippen LogP) is 3.09. The summed E-state index contributed by atoms with van der Waals surface area (Å²) in [6.45, 7) is 0.0519. The molecule has 2 aromatic carbocycles. The molecule has 2 aromatic rings. The Morgan fingerprint density at radius 3 is 2.12 bits per heavy atom. The Balaban J connectivity index is 2.65. The molecule has 0 aliphatic rings. The quantitative estimate of drug-likeness (QED) is 0.825. The van der Waals surface area contributed by atoms with Crippen molar-refractivity contribution in [3.63, 3.8) is 0 Å². The highest BCUT2D eigenvalue weighted by Crippen LogP contribution is 2.27. The van der Waals surface area contributed by atoms with E-state index in [0.717, 1.165) is 0 Å². The van der Waals surface area contributed by atoms with Gasteiger partial charge in [0.25, 0.3) is 0 Å². The third-order valence-electron chi connectivity index (χ3n) is 2.49. The maximum absolute atomic E-state index is 13.6. The molecule has 0 spiro atoms. The summed E-state index contributed by atoms with van der Waals surface area (Å²) >= 11 is 0. The van der Waals surface area contributed by atoms with E-state index in [9.17, 15) is 8.78 Å². The fraction of sp³-hybridized carbons (Fsp3) is 0.0769. The minimum Gasteiger partial charge on any atom is -0.326 e. The number of halogens is 2. The molecule has 0 atom stereocenters. The molecule has 0 fully saturated rings. The summed E-state index contributed by atoms with van der Waals surface area (Å²) in [4.78, 5) is 0. The summed E-state index contributed by atoms with van der Waals surface area (Å²) in [5.41, 5.74) is 6.71. The van der Waals surface area contributed by atoms with E-state index in [4.69, 9.17) is 5.73 Å². The van der Waals surface area contributed by atoms with Gasteiger partial charge in [0.15, 0.2) is 0 Å². The molecule has 3 heteroatoms. The van der Waals surface area contributed by atoms with Gasteiger partial charge in [-0.2, -0.15) is 0 Å². The van der Waals surface area contributed by atoms with Crippen LogP contribution in [0.4, 0.5) is 8.78 Å². The number of hydrogen-bond donors (Lipinski definition) is 1. The molecule has 0 aromatic heterocycles. The highest BCUT2D eigenvalue weighted by molar-refractivity contribution is 5.68. The molecule has 0 aliphatic heterocycles. The standard InChI is InChI=1S/C13H11F2N/c14-12-6-2-1-4-10(12)9-5-3-7-13(15)11(9)8-16/h1-7H,8,16H2. The van der Waals surface area contributed by atoms with E-state index in [1.165, 1.54) is 12.1 Å². The van der Waals surface area contributed by atoms with Gasteiger partial charge in [-0.15, -0.1) is 0 Å². The zero-order chi connectivity index (χ0) is 11.5. The van der Waals surface area contributed by atoms with Crippen molar-refractivity contribution in [2.24, 2.45) is 5.73 Å². The molecule has 2 N–H and O–H groups in total. The maximum atomic E-state index is 13.6. The zero-order valence-corrected chi connectivity index (χ0v) is 8.58. The van der Waals surface area contributed by atoms with E-state index < -0.39 is 5.82 Å². The Morgan fingerprint density at radius 2 is 1.44 bits per heavy atom. The zero-order valence-electron chi connectivity index (χ0n) is 8.58. The topological polar surface area (TPSA) is 26.0 Å². The second kappa shape index (κ2) is 4.41. The van der Waals surface area contributed by atoms with Crippen molar-refractivity contribution in [3.8, 4) is 11.1 Å². The van der Waals surface area contributed by atoms with Crippen LogP contribution in [0.15, 0.2) is 42.5 Å². The molecular weight excluding hydrogens is 208 g/mol. The van der Waals surface area contributed by atoms with Crippen molar-refractivity contribution in [2.45, 2.75) is 6.54 Å². The maximum Gasteiger partial charge on any atom is 0.131 e. The van der Waals surface area contributed by atoms with Crippen molar-refractivity contribution in [1.82, 2.24) is 0 Å². The van der Waals surface area contributed by atoms with Crippen LogP contribution in [-0.4, -0.2) is 0 Å². The van der Waals surface area contributed by atoms with Crippen LogP contribution in [0.5, 0.6) is 0 Å². The highest BCUT2D eigenvalue weighted by atomic mass is 19.1. The predicted molar refractivity (Wildman–Crippen MR) is 59.7 cm³/mol. The average molecular weight is 219 g/mol. The monoisotopic (exact) mass is 219 g/mol. The van der Waals surface area contributed by atoms with Crippen molar-refractivity contribution in [2.75, 3.05) is 0 Å². The first kappa shape index (κ1) is 10.8. The highest BCUT2D eigenvalue weighted by Gasteiger charge is 2.11. The second-order valence-electron chi connectivity index (χ2n) is 3.45. The lowest BCUT2D eigenvalue weighted by Gasteiger charge is -2.09. The summed E-state index contributed by atoms with van der Waals surface area (Å²) in [5.74, 6) is -0.772. The van der Waals surface area contributed by atoms with Gasteiger partial charge in [0.05, 0.1) is 0 Å². The van der Waals surface area contributed by atoms with E-state index in [-0.39, 0.29) is 12.4 Å². The van der Waals surface area contributed by atoms with E-state index in [0.29, 0.717) is 16.7 Å². The Hall–Kier alpha value is -1.74. The molecule has 0 aliphatic carbocycles. The summed E-state index contributed by atoms with van der Waals surface area (Å²) in [7, 11) is 0. The van der Waals surface area contributed by atoms with Crippen molar-refractivity contribution < 1.29 is 8.78 Å². The third-order valence-corrected chi connectivity index (χ3v) is 2.49. The molecule has 16 heavy (non-hydrogen) atoms. The van der Waals surface area contributed by atoms with Crippen molar-refractivity contribution in [3.05, 3.63) is 59.7 Å². The van der Waals surface area contributed by atoms with Crippen molar-refractivity contribution >= 4 is 0 Å². The molecule has 0 saturated heterocycles. The molecule has 1 nitrogen and oxygen atoms in total. The fourth-order valence-corrected chi connectivity index (χ4v) is 1.70. The number of benzene rings is 2. The van der Waals surface area contributed by atoms with E-state index in [2.05, 4.69) is 0 Å². The molecule has 0 heterocycles. The van der Waals surface area contributed by atoms with Crippen LogP contribution < -0.4 is 5.73 Å². The second-order valence-corrected chi connectivity index (χ2v) is 3.45. The number of nitrogens with two attached hydrogens (primary N) is 1. The van der Waals surface area contributed by atoms with Gasteiger partial charge in [0.2, 0.25) is 0 Å². The van der Waals surface area contributed by atoms with Crippen LogP contribution in [0.25, 0.3) is 11.1 Å². The summed E-state index contributed by atoms with van der Waals surface area (Å²) in [6.07, 6.45) is 0. The Labute approximate surface area is 92.5 Å². The first-order valence-corrected chi connectivity index (χ1v) is 4.96. The molecule has 0 saturated carbocycles. The SMILES string of the molecule is NCc1c(F)cccc1-c1ccccc1F. The van der Waals surface area contributed by atoms with E-state index in [1.54, 1.807) is 30.3 Å². The summed E-state index contributed by atoms with van der Waals surface area (Å²) < 4.78 is 27.0. The van der Waals surface area contributed by atoms with Crippen LogP contribution in [-0.2, 0) is 6.54 Å². The van der Waals surface area contributed by atoms with E-state index >= 15 is 0 Å². The van der Waals surface area contributed by atoms with Gasteiger partial charge in [0.1, 0.15) is 11.6 Å². The summed E-state index contributed by atoms with van der Waals surface area (Å²) in [6, 6.07) is 10.8. The van der Waals surface area contributed by atoms with Crippen LogP contribution >= 0.6 is 0 Å². The lowest BCUT2D eigenvalue weighted by atomic mass is 9.99. The fourth-order valence-electron chi connectivity index (χ4n) is 1.70. The Kier molecular flexibility index (Phi) is 2.97. The molecule has 0 radical (unpaired) electrons. The van der Waals surface area contributed by atoms with Gasteiger partial charge in [-0.3, -0.25) is 0 Å². The number of hydrogen-bond acceptors (Lipinski definition) is 1. The molecule has 0 amide bonds. The van der Waals surface area contributed by atoms with Gasteiger partial charge in [-0.05, 0) is 17.7 Å². The van der Waals surface area contributed by atoms with E-state index in [1.807, 2.05) is 0 Å². The van der Waals surface area contributed by atoms with Gasteiger partial charge in [-0.25, -0.2) is 8.78 Å². The minimum absolute atomic E-state index is 0.0519. The Bertz CT molecular complexity index is 509. The van der Waals surface area contributed by atoms with Gasteiger partial charge in [-0.1, -0.05) is 30.3 Å². The van der Waals surface area contributed by atoms with Crippen molar-refractivity contribution in [1.29, 1.82) is 0 Å². The molecule has 0 unspecified atom stereocenters. The molecule has 2 rings (SSSR count). The van der Waals surface area contributed by atoms with Gasteiger partial charge < -0.3 is 5.73 Å². The van der Waals surface area contributed by atoms with Crippen LogP contribution in [0.2, 0.25) is 0 Å². The lowest BCUT2D eigenvalue weighted by Crippen LogP contribution is -2.02. The first-order valence-electron chi connectivity index (χ1n) is 4.96. The third kappa shape index (κ3) is 1.82. The van der Waals surface area contributed by atoms with Gasteiger partial charge >= 0.3 is 0 Å². The van der Waals surface area contributed by atoms with Crippen LogP contribution in [0.3, 0.4) is 0 Å². The first-order chi connectivity index (χ1) is 7.74. The van der Waals surface area contributed by atoms with Crippen LogP contribution in [0.1, 0.15) is 5.56 Å². The number of rotatable bonds is 2. The average Bonchev–Trinajstić information content (AvgIpc) is 2.29. The molecule has 0 bridgehead atoms. The molecule has 82 valence electrons. The van der Waals surface area contributed by atoms with Crippen LogP contribution in [0, 0.1) is 11.6 Å². The molecular formula is C13H11F2N. The largest absolute Gasteiger partial charge is 0.326 e. The van der Waals surface area contributed by atoms with Gasteiger partial charge in [0, 0.05) is 17.7 Å². The minimum atomic E-state index is -0.400.